The van der Waals surface area contributed by atoms with Crippen LogP contribution >= 0.6 is 59.1 Å². The van der Waals surface area contributed by atoms with Gasteiger partial charge in [-0.15, -0.1) is 24.9 Å². The molecule has 8 heteroatoms. The normalized spacial score (nSPS) is 27.1. The molecular weight excluding hydrogens is 535 g/mol. The van der Waals surface area contributed by atoms with Crippen LogP contribution in [0.25, 0.3) is 0 Å². The Morgan fingerprint density at radius 2 is 1.15 bits per heavy atom. The van der Waals surface area contributed by atoms with Crippen molar-refractivity contribution >= 4 is 64.4 Å². The highest BCUT2D eigenvalue weighted by Gasteiger charge is 2.86. The minimum absolute atomic E-state index is 0.0372. The third kappa shape index (κ3) is 3.70. The van der Waals surface area contributed by atoms with E-state index in [0.29, 0.717) is 0 Å². The second kappa shape index (κ2) is 9.32. The van der Waals surface area contributed by atoms with Crippen molar-refractivity contribution in [2.75, 3.05) is 0 Å². The van der Waals surface area contributed by atoms with Gasteiger partial charge in [0, 0.05) is 0 Å². The van der Waals surface area contributed by atoms with Crippen molar-refractivity contribution in [2.24, 2.45) is 0 Å². The van der Waals surface area contributed by atoms with Crippen LogP contribution in [-0.2, 0) is 4.49 Å². The second-order valence-corrected chi connectivity index (χ2v) is 23.8. The molecule has 3 saturated heterocycles. The van der Waals surface area contributed by atoms with Gasteiger partial charge < -0.3 is 9.47 Å². The summed E-state index contributed by atoms with van der Waals surface area (Å²) >= 11 is 10.5. The minimum atomic E-state index is -1.52. The van der Waals surface area contributed by atoms with Gasteiger partial charge in [-0.3, -0.25) is 0 Å². The summed E-state index contributed by atoms with van der Waals surface area (Å²) in [7, 11) is 4.00. The maximum absolute atomic E-state index is 5.99. The van der Waals surface area contributed by atoms with Gasteiger partial charge in [-0.2, -0.15) is 0 Å². The van der Waals surface area contributed by atoms with Crippen molar-refractivity contribution < 1.29 is 9.47 Å². The van der Waals surface area contributed by atoms with Crippen LogP contribution in [0.3, 0.4) is 0 Å². The summed E-state index contributed by atoms with van der Waals surface area (Å²) in [6.07, 6.45) is -1.52. The van der Waals surface area contributed by atoms with E-state index in [9.17, 15) is 0 Å². The van der Waals surface area contributed by atoms with Gasteiger partial charge in [-0.05, 0) is 77.0 Å². The van der Waals surface area contributed by atoms with E-state index in [4.69, 9.17) is 34.4 Å². The van der Waals surface area contributed by atoms with E-state index < -0.39 is 13.0 Å². The SMILES string of the molecule is SC1C2(c3ccc(Oc4ccccc4)cc3)SS[P+]1(c1ccc(Oc3ccccc3)cc1)P2S. The number of rotatable bonds is 6. The first-order valence-electron chi connectivity index (χ1n) is 10.7. The Morgan fingerprint density at radius 3 is 1.65 bits per heavy atom. The van der Waals surface area contributed by atoms with Crippen LogP contribution < -0.4 is 14.8 Å². The summed E-state index contributed by atoms with van der Waals surface area (Å²) < 4.78 is 11.9. The summed E-state index contributed by atoms with van der Waals surface area (Å²) in [5.74, 6) is 3.39. The Hall–Kier alpha value is -1.26. The highest BCUT2D eigenvalue weighted by Crippen LogP contribution is 3.19. The molecule has 170 valence electrons. The third-order valence-corrected chi connectivity index (χ3v) is 33.5. The maximum Gasteiger partial charge on any atom is 0.167 e. The van der Waals surface area contributed by atoms with Gasteiger partial charge in [0.25, 0.3) is 0 Å². The van der Waals surface area contributed by atoms with E-state index >= 15 is 0 Å². The Kier molecular flexibility index (Phi) is 6.35. The number of ether oxygens (including phenoxy) is 2. The number of hydrogen-bond donors (Lipinski definition) is 2. The lowest BCUT2D eigenvalue weighted by molar-refractivity contribution is 0.482. The highest BCUT2D eigenvalue weighted by atomic mass is 33.4. The predicted molar refractivity (Wildman–Crippen MR) is 158 cm³/mol. The lowest BCUT2D eigenvalue weighted by atomic mass is 10.1. The molecule has 0 aliphatic carbocycles. The quantitative estimate of drug-likeness (QED) is 0.140. The van der Waals surface area contributed by atoms with Gasteiger partial charge in [0.1, 0.15) is 28.3 Å². The van der Waals surface area contributed by atoms with Gasteiger partial charge in [0.15, 0.2) is 22.4 Å². The summed E-state index contributed by atoms with van der Waals surface area (Å²) in [5, 5.41) is 1.38. The van der Waals surface area contributed by atoms with Crippen LogP contribution in [0.15, 0.2) is 109 Å². The first-order chi connectivity index (χ1) is 16.6. The second-order valence-electron chi connectivity index (χ2n) is 7.99. The van der Waals surface area contributed by atoms with Crippen molar-refractivity contribution in [3.8, 4) is 23.0 Å². The highest BCUT2D eigenvalue weighted by molar-refractivity contribution is 9.24. The fourth-order valence-corrected chi connectivity index (χ4v) is 39.3. The number of thiol groups is 2. The van der Waals surface area contributed by atoms with Gasteiger partial charge in [0.2, 0.25) is 0 Å². The van der Waals surface area contributed by atoms with Crippen LogP contribution in [0.4, 0.5) is 0 Å². The molecule has 4 atom stereocenters. The third-order valence-electron chi connectivity index (χ3n) is 5.97. The van der Waals surface area contributed by atoms with Gasteiger partial charge >= 0.3 is 0 Å². The van der Waals surface area contributed by atoms with Gasteiger partial charge in [-0.1, -0.05) is 48.5 Å². The molecule has 3 heterocycles. The molecule has 0 spiro atoms. The average molecular weight is 556 g/mol. The molecular formula is C26H21O2P2S4+. The van der Waals surface area contributed by atoms with E-state index in [1.807, 2.05) is 81.9 Å². The van der Waals surface area contributed by atoms with Gasteiger partial charge in [0.05, 0.1) is 10.4 Å². The topological polar surface area (TPSA) is 18.5 Å². The fraction of sp³-hybridized carbons (Fsp3) is 0.0769. The smallest absolute Gasteiger partial charge is 0.167 e. The number of hydrogen-bond acceptors (Lipinski definition) is 6. The maximum atomic E-state index is 5.99. The van der Waals surface area contributed by atoms with Crippen molar-refractivity contribution in [3.63, 3.8) is 0 Å². The monoisotopic (exact) mass is 555 g/mol. The molecule has 34 heavy (non-hydrogen) atoms. The number of para-hydroxylation sites is 2. The summed E-state index contributed by atoms with van der Waals surface area (Å²) in [6, 6.07) is 36.9. The molecule has 3 fully saturated rings. The lowest BCUT2D eigenvalue weighted by Gasteiger charge is -2.47. The van der Waals surface area contributed by atoms with Crippen LogP contribution in [-0.4, -0.2) is 4.99 Å². The molecule has 3 aliphatic heterocycles. The Labute approximate surface area is 219 Å². The van der Waals surface area contributed by atoms with E-state index in [1.54, 1.807) is 0 Å². The Morgan fingerprint density at radius 1 is 0.676 bits per heavy atom. The zero-order valence-electron chi connectivity index (χ0n) is 17.9. The van der Waals surface area contributed by atoms with E-state index in [2.05, 4.69) is 48.5 Å². The predicted octanol–water partition coefficient (Wildman–Crippen LogP) is 9.59. The molecule has 0 N–H and O–H groups in total. The van der Waals surface area contributed by atoms with Crippen molar-refractivity contribution in [1.82, 2.24) is 0 Å². The van der Waals surface area contributed by atoms with Crippen LogP contribution in [0.2, 0.25) is 0 Å². The summed E-state index contributed by atoms with van der Waals surface area (Å²) in [5.41, 5.74) is 1.30. The van der Waals surface area contributed by atoms with Crippen molar-refractivity contribution in [3.05, 3.63) is 115 Å². The molecule has 0 amide bonds. The van der Waals surface area contributed by atoms with Gasteiger partial charge in [-0.25, -0.2) is 0 Å². The Bertz CT molecular complexity index is 1180. The summed E-state index contributed by atoms with van der Waals surface area (Å²) in [4.78, 5) is 0.278. The molecule has 2 bridgehead atoms. The average Bonchev–Trinajstić information content (AvgIpc) is 3.38. The van der Waals surface area contributed by atoms with Crippen LogP contribution in [0, 0.1) is 0 Å². The van der Waals surface area contributed by atoms with E-state index in [1.165, 1.54) is 10.9 Å². The lowest BCUT2D eigenvalue weighted by Crippen LogP contribution is -2.38. The molecule has 2 nitrogen and oxygen atoms in total. The van der Waals surface area contributed by atoms with Crippen LogP contribution in [0.1, 0.15) is 5.56 Å². The fourth-order valence-electron chi connectivity index (χ4n) is 4.22. The molecule has 0 radical (unpaired) electrons. The minimum Gasteiger partial charge on any atom is -0.457 e. The molecule has 4 aromatic rings. The van der Waals surface area contributed by atoms with Crippen molar-refractivity contribution in [1.29, 1.82) is 0 Å². The zero-order valence-corrected chi connectivity index (χ0v) is 23.1. The first-order valence-corrected chi connectivity index (χ1v) is 19.1. The molecule has 4 aromatic carbocycles. The number of fused-ring (bicyclic) bond motifs is 1. The molecule has 0 aromatic heterocycles. The van der Waals surface area contributed by atoms with E-state index in [-0.39, 0.29) is 9.48 Å². The first kappa shape index (κ1) is 23.2. The molecule has 4 unspecified atom stereocenters. The molecule has 0 saturated carbocycles. The molecule has 3 aliphatic rings. The molecule has 7 rings (SSSR count). The largest absolute Gasteiger partial charge is 0.457 e. The standard InChI is InChI=1S/C26H20O2P2S4/c31-25-26(19-11-13-22(14-12-19)27-20-7-3-1-4-8-20)29(32)30(25,34-33-26)24-17-15-23(16-18-24)28-21-9-5-2-6-10-21/h1-18,25,32H/p+1. The number of benzene rings is 4. The van der Waals surface area contributed by atoms with Crippen LogP contribution in [0.5, 0.6) is 23.0 Å². The van der Waals surface area contributed by atoms with E-state index in [0.717, 1.165) is 23.0 Å². The zero-order chi connectivity index (χ0) is 23.2. The summed E-state index contributed by atoms with van der Waals surface area (Å²) in [6.45, 7) is -0.531. The Balaban J connectivity index is 1.21. The van der Waals surface area contributed by atoms with Crippen molar-refractivity contribution in [2.45, 2.75) is 9.48 Å².